The van der Waals surface area contributed by atoms with Crippen molar-refractivity contribution in [3.05, 3.63) is 45.3 Å². The van der Waals surface area contributed by atoms with Gasteiger partial charge in [-0.3, -0.25) is 4.72 Å². The second-order valence-electron chi connectivity index (χ2n) is 4.07. The molecule has 8 heteroatoms. The Morgan fingerprint density at radius 2 is 1.62 bits per heavy atom. The second-order valence-corrected chi connectivity index (χ2v) is 7.46. The van der Waals surface area contributed by atoms with Crippen LogP contribution in [-0.2, 0) is 10.0 Å². The average molecular weight is 437 g/mol. The van der Waals surface area contributed by atoms with Gasteiger partial charge in [0, 0.05) is 0 Å². The van der Waals surface area contributed by atoms with Crippen LogP contribution in [0, 0.1) is 0 Å². The summed E-state index contributed by atoms with van der Waals surface area (Å²) in [5, 5.41) is 9.62. The van der Waals surface area contributed by atoms with E-state index in [0.29, 0.717) is 20.4 Å². The molecule has 21 heavy (non-hydrogen) atoms. The molecule has 0 atom stereocenters. The Labute approximate surface area is 139 Å². The van der Waals surface area contributed by atoms with E-state index in [2.05, 4.69) is 36.6 Å². The van der Waals surface area contributed by atoms with Gasteiger partial charge in [0.2, 0.25) is 0 Å². The molecule has 2 N–H and O–H groups in total. The van der Waals surface area contributed by atoms with Crippen LogP contribution < -0.4 is 9.46 Å². The molecule has 2 aromatic rings. The lowest BCUT2D eigenvalue weighted by Gasteiger charge is -2.10. The van der Waals surface area contributed by atoms with Gasteiger partial charge in [0.25, 0.3) is 10.0 Å². The van der Waals surface area contributed by atoms with E-state index in [1.807, 2.05) is 0 Å². The highest BCUT2D eigenvalue weighted by Crippen LogP contribution is 2.35. The van der Waals surface area contributed by atoms with Crippen molar-refractivity contribution in [3.63, 3.8) is 0 Å². The fourth-order valence-electron chi connectivity index (χ4n) is 1.59. The average Bonchev–Trinajstić information content (AvgIpc) is 2.44. The first-order chi connectivity index (χ1) is 9.83. The van der Waals surface area contributed by atoms with E-state index in [-0.39, 0.29) is 10.6 Å². The van der Waals surface area contributed by atoms with Gasteiger partial charge < -0.3 is 9.84 Å². The number of sulfonamides is 1. The molecule has 0 aromatic heterocycles. The molecule has 0 unspecified atom stereocenters. The number of halogens is 2. The Balaban J connectivity index is 2.32. The molecular formula is C13H11Br2NO4S. The number of anilines is 1. The van der Waals surface area contributed by atoms with Gasteiger partial charge in [0.05, 0.1) is 26.6 Å². The third-order valence-electron chi connectivity index (χ3n) is 2.64. The van der Waals surface area contributed by atoms with Crippen molar-refractivity contribution in [2.24, 2.45) is 0 Å². The zero-order valence-electron chi connectivity index (χ0n) is 10.8. The van der Waals surface area contributed by atoms with Crippen molar-refractivity contribution >= 4 is 47.6 Å². The Kier molecular flexibility index (Phi) is 4.80. The van der Waals surface area contributed by atoms with Gasteiger partial charge in [0.1, 0.15) is 11.5 Å². The minimum atomic E-state index is -3.71. The largest absolute Gasteiger partial charge is 0.506 e. The third-order valence-corrected chi connectivity index (χ3v) is 5.25. The van der Waals surface area contributed by atoms with Gasteiger partial charge in [0.15, 0.2) is 0 Å². The first-order valence-corrected chi connectivity index (χ1v) is 8.75. The molecule has 0 saturated carbocycles. The molecule has 0 aliphatic heterocycles. The maximum absolute atomic E-state index is 12.3. The van der Waals surface area contributed by atoms with Crippen molar-refractivity contribution in [2.75, 3.05) is 11.8 Å². The molecule has 0 bridgehead atoms. The maximum atomic E-state index is 12.3. The van der Waals surface area contributed by atoms with Crippen LogP contribution in [-0.4, -0.2) is 20.6 Å². The van der Waals surface area contributed by atoms with Crippen LogP contribution in [0.2, 0.25) is 0 Å². The summed E-state index contributed by atoms with van der Waals surface area (Å²) in [7, 11) is -2.21. The molecule has 0 amide bonds. The first kappa shape index (κ1) is 16.1. The first-order valence-electron chi connectivity index (χ1n) is 5.68. The van der Waals surface area contributed by atoms with Crippen LogP contribution in [0.5, 0.6) is 11.5 Å². The lowest BCUT2D eigenvalue weighted by Crippen LogP contribution is -2.12. The Morgan fingerprint density at radius 3 is 2.10 bits per heavy atom. The van der Waals surface area contributed by atoms with Crippen LogP contribution >= 0.6 is 31.9 Å². The van der Waals surface area contributed by atoms with E-state index in [4.69, 9.17) is 4.74 Å². The number of aromatic hydroxyl groups is 1. The molecule has 2 aromatic carbocycles. The lowest BCUT2D eigenvalue weighted by atomic mass is 10.3. The minimum Gasteiger partial charge on any atom is -0.506 e. The lowest BCUT2D eigenvalue weighted by molar-refractivity contribution is 0.414. The number of benzene rings is 2. The van der Waals surface area contributed by atoms with Crippen LogP contribution in [0.1, 0.15) is 0 Å². The van der Waals surface area contributed by atoms with E-state index >= 15 is 0 Å². The molecule has 112 valence electrons. The summed E-state index contributed by atoms with van der Waals surface area (Å²) in [5.41, 5.74) is 0.322. The summed E-state index contributed by atoms with van der Waals surface area (Å²) in [4.78, 5) is 0.114. The van der Waals surface area contributed by atoms with Gasteiger partial charge in [-0.25, -0.2) is 8.42 Å². The number of phenolic OH excluding ortho intramolecular Hbond substituents is 1. The quantitative estimate of drug-likeness (QED) is 0.716. The smallest absolute Gasteiger partial charge is 0.261 e. The SMILES string of the molecule is COc1ccc(S(=O)(=O)Nc2cc(Br)c(O)c(Br)c2)cc1. The summed E-state index contributed by atoms with van der Waals surface area (Å²) >= 11 is 6.30. The second kappa shape index (κ2) is 6.25. The highest BCUT2D eigenvalue weighted by atomic mass is 79.9. The van der Waals surface area contributed by atoms with Crippen molar-refractivity contribution in [1.29, 1.82) is 0 Å². The Morgan fingerprint density at radius 1 is 1.10 bits per heavy atom. The van der Waals surface area contributed by atoms with Gasteiger partial charge >= 0.3 is 0 Å². The summed E-state index contributed by atoms with van der Waals surface area (Å²) in [5.74, 6) is 0.575. The van der Waals surface area contributed by atoms with E-state index in [1.165, 1.54) is 31.4 Å². The summed E-state index contributed by atoms with van der Waals surface area (Å²) in [6.07, 6.45) is 0. The van der Waals surface area contributed by atoms with E-state index in [0.717, 1.165) is 0 Å². The van der Waals surface area contributed by atoms with Crippen LogP contribution in [0.15, 0.2) is 50.2 Å². The normalized spacial score (nSPS) is 11.2. The maximum Gasteiger partial charge on any atom is 0.261 e. The number of methoxy groups -OCH3 is 1. The number of nitrogens with one attached hydrogen (secondary N) is 1. The van der Waals surface area contributed by atoms with Gasteiger partial charge in [-0.15, -0.1) is 0 Å². The van der Waals surface area contributed by atoms with Crippen LogP contribution in [0.4, 0.5) is 5.69 Å². The molecule has 2 rings (SSSR count). The fourth-order valence-corrected chi connectivity index (χ4v) is 3.82. The Hall–Kier alpha value is -1.25. The third kappa shape index (κ3) is 3.69. The molecular weight excluding hydrogens is 426 g/mol. The number of hydrogen-bond acceptors (Lipinski definition) is 4. The predicted molar refractivity (Wildman–Crippen MR) is 87.3 cm³/mol. The standard InChI is InChI=1S/C13H11Br2NO4S/c1-20-9-2-4-10(5-3-9)21(18,19)16-8-6-11(14)13(17)12(15)7-8/h2-7,16-17H,1H3. The van der Waals surface area contributed by atoms with Crippen LogP contribution in [0.3, 0.4) is 0 Å². The topological polar surface area (TPSA) is 75.6 Å². The Bertz CT molecular complexity index is 737. The highest BCUT2D eigenvalue weighted by molar-refractivity contribution is 9.11. The summed E-state index contributed by atoms with van der Waals surface area (Å²) in [6, 6.07) is 8.98. The van der Waals surface area contributed by atoms with Crippen molar-refractivity contribution in [2.45, 2.75) is 4.90 Å². The summed E-state index contributed by atoms with van der Waals surface area (Å²) < 4.78 is 32.7. The molecule has 0 spiro atoms. The highest BCUT2D eigenvalue weighted by Gasteiger charge is 2.16. The number of rotatable bonds is 4. The number of ether oxygens (including phenoxy) is 1. The molecule has 0 aliphatic rings. The molecule has 0 saturated heterocycles. The van der Waals surface area contributed by atoms with E-state index < -0.39 is 10.0 Å². The molecule has 0 radical (unpaired) electrons. The van der Waals surface area contributed by atoms with Crippen molar-refractivity contribution in [1.82, 2.24) is 0 Å². The van der Waals surface area contributed by atoms with E-state index in [9.17, 15) is 13.5 Å². The number of phenols is 1. The molecule has 5 nitrogen and oxygen atoms in total. The van der Waals surface area contributed by atoms with Gasteiger partial charge in [-0.05, 0) is 68.3 Å². The van der Waals surface area contributed by atoms with Gasteiger partial charge in [-0.2, -0.15) is 0 Å². The summed E-state index contributed by atoms with van der Waals surface area (Å²) in [6.45, 7) is 0. The zero-order chi connectivity index (χ0) is 15.6. The number of hydrogen-bond donors (Lipinski definition) is 2. The van der Waals surface area contributed by atoms with Crippen LogP contribution in [0.25, 0.3) is 0 Å². The fraction of sp³-hybridized carbons (Fsp3) is 0.0769. The van der Waals surface area contributed by atoms with Crippen molar-refractivity contribution < 1.29 is 18.3 Å². The predicted octanol–water partition coefficient (Wildman–Crippen LogP) is 3.73. The monoisotopic (exact) mass is 435 g/mol. The van der Waals surface area contributed by atoms with E-state index in [1.54, 1.807) is 12.1 Å². The zero-order valence-corrected chi connectivity index (χ0v) is 14.8. The molecule has 0 fully saturated rings. The minimum absolute atomic E-state index is 0.00222. The van der Waals surface area contributed by atoms with Gasteiger partial charge in [-0.1, -0.05) is 0 Å². The van der Waals surface area contributed by atoms with Crippen molar-refractivity contribution in [3.8, 4) is 11.5 Å². The molecule has 0 heterocycles. The molecule has 0 aliphatic carbocycles.